The van der Waals surface area contributed by atoms with Crippen molar-refractivity contribution in [1.82, 2.24) is 0 Å². The molecule has 0 atom stereocenters. The molecule has 0 amide bonds. The molecule has 58 heavy (non-hydrogen) atoms. The largest absolute Gasteiger partial charge is 0.381 e. The van der Waals surface area contributed by atoms with Crippen molar-refractivity contribution in [2.45, 2.75) is 124 Å². The molecule has 9 heteroatoms. The van der Waals surface area contributed by atoms with E-state index in [9.17, 15) is 0 Å². The van der Waals surface area contributed by atoms with Gasteiger partial charge in [0, 0.05) is 65.1 Å². The topological polar surface area (TPSA) is 9.23 Å². The van der Waals surface area contributed by atoms with Crippen LogP contribution in [0.3, 0.4) is 0 Å². The molecule has 6 aromatic heterocycles. The average molecular weight is 1020 g/mol. The minimum absolute atomic E-state index is 0. The fraction of sp³-hybridized carbons (Fsp3) is 0.429. The van der Waals surface area contributed by atoms with Crippen LogP contribution in [0.25, 0.3) is 39.0 Å². The van der Waals surface area contributed by atoms with E-state index in [4.69, 9.17) is 4.74 Å². The molecule has 1 aliphatic rings. The van der Waals surface area contributed by atoms with Crippen LogP contribution in [0.5, 0.6) is 0 Å². The van der Waals surface area contributed by atoms with E-state index in [-0.39, 0.29) is 7.43 Å². The molecule has 0 N–H and O–H groups in total. The van der Waals surface area contributed by atoms with E-state index in [1.54, 1.807) is 22.7 Å². The van der Waals surface area contributed by atoms with Gasteiger partial charge < -0.3 is 4.74 Å². The Kier molecular flexibility index (Phi) is 24.2. The molecule has 1 fully saturated rings. The van der Waals surface area contributed by atoms with Crippen molar-refractivity contribution in [1.29, 1.82) is 0 Å². The number of thiophene rings is 6. The first-order valence-electron chi connectivity index (χ1n) is 20.5. The van der Waals surface area contributed by atoms with E-state index < -0.39 is 0 Å². The minimum Gasteiger partial charge on any atom is -0.381 e. The van der Waals surface area contributed by atoms with Crippen LogP contribution in [-0.4, -0.2) is 13.2 Å². The second kappa shape index (κ2) is 28.7. The van der Waals surface area contributed by atoms with Gasteiger partial charge in [-0.2, -0.15) is 0 Å². The zero-order valence-corrected chi connectivity index (χ0v) is 41.3. The summed E-state index contributed by atoms with van der Waals surface area (Å²) in [7, 11) is 0. The molecule has 0 unspecified atom stereocenters. The zero-order valence-electron chi connectivity index (χ0n) is 33.3. The zero-order chi connectivity index (χ0) is 39.9. The third kappa shape index (κ3) is 17.7. The van der Waals surface area contributed by atoms with Crippen molar-refractivity contribution >= 4 is 99.9 Å². The molecule has 0 bridgehead atoms. The number of rotatable bonds is 16. The van der Waals surface area contributed by atoms with Crippen molar-refractivity contribution in [3.63, 3.8) is 0 Å². The number of ether oxygens (including phenoxy) is 1. The van der Waals surface area contributed by atoms with Gasteiger partial charge in [-0.05, 0) is 130 Å². The maximum Gasteiger partial charge on any atom is 0.0775 e. The van der Waals surface area contributed by atoms with Gasteiger partial charge in [0.25, 0.3) is 0 Å². The van der Waals surface area contributed by atoms with E-state index in [1.165, 1.54) is 146 Å². The summed E-state index contributed by atoms with van der Waals surface area (Å²) in [5.74, 6) is 13.5. The fourth-order valence-corrected chi connectivity index (χ4v) is 12.9. The first kappa shape index (κ1) is 48.9. The highest BCUT2D eigenvalue weighted by molar-refractivity contribution is 9.11. The highest BCUT2D eigenvalue weighted by Crippen LogP contribution is 2.42. The molecule has 0 spiro atoms. The smallest absolute Gasteiger partial charge is 0.0775 e. The van der Waals surface area contributed by atoms with Crippen LogP contribution < -0.4 is 0 Å². The van der Waals surface area contributed by atoms with Crippen molar-refractivity contribution < 1.29 is 4.74 Å². The molecule has 0 aliphatic carbocycles. The van der Waals surface area contributed by atoms with Gasteiger partial charge in [0.15, 0.2) is 0 Å². The second-order valence-electron chi connectivity index (χ2n) is 13.8. The van der Waals surface area contributed by atoms with Gasteiger partial charge in [-0.3, -0.25) is 0 Å². The maximum absolute atomic E-state index is 4.94. The fourth-order valence-electron chi connectivity index (χ4n) is 5.97. The van der Waals surface area contributed by atoms with Gasteiger partial charge in [-0.25, -0.2) is 0 Å². The standard InChI is InChI=1S/C32H40S3.C12H6Br2S3.C4H8O.CH4/c1-3-5-7-9-11-13-15-17-19-27-21-23-29(33-27)31-25-26-32(35-31)30-24-22-28(34-30)20-18-16-14-12-10-8-6-4-2;13-11-5-3-9(16-11)7-1-2-8(15-7)10-4-6-12(14)17-10;1-2-4-5-3-1;/h21-26H,3-16H2,1-2H3;1-6H;1-4H2;1H4. The van der Waals surface area contributed by atoms with Crippen LogP contribution in [0.15, 0.2) is 80.4 Å². The lowest BCUT2D eigenvalue weighted by Gasteiger charge is -1.96. The molecule has 1 nitrogen and oxygen atoms in total. The normalized spacial score (nSPS) is 11.7. The van der Waals surface area contributed by atoms with Gasteiger partial charge in [-0.15, -0.1) is 68.0 Å². The summed E-state index contributed by atoms with van der Waals surface area (Å²) in [5.41, 5.74) is 0. The number of hydrogen-bond acceptors (Lipinski definition) is 7. The van der Waals surface area contributed by atoms with Crippen molar-refractivity contribution in [2.24, 2.45) is 0 Å². The summed E-state index contributed by atoms with van der Waals surface area (Å²) < 4.78 is 7.31. The Morgan fingerprint density at radius 2 is 0.759 bits per heavy atom. The van der Waals surface area contributed by atoms with Crippen LogP contribution in [0.1, 0.15) is 134 Å². The van der Waals surface area contributed by atoms with Crippen LogP contribution in [0, 0.1) is 23.7 Å². The summed E-state index contributed by atoms with van der Waals surface area (Å²) in [6.07, 6.45) is 20.5. The summed E-state index contributed by atoms with van der Waals surface area (Å²) >= 11 is 17.9. The quantitative estimate of drug-likeness (QED) is 0.0693. The number of hydrogen-bond donors (Lipinski definition) is 0. The predicted molar refractivity (Wildman–Crippen MR) is 274 cm³/mol. The van der Waals surface area contributed by atoms with E-state index in [2.05, 4.69) is 142 Å². The predicted octanol–water partition coefficient (Wildman–Crippen LogP) is 19.6. The molecule has 0 aromatic carbocycles. The Bertz CT molecular complexity index is 1980. The Morgan fingerprint density at radius 3 is 1.10 bits per heavy atom. The molecule has 7 rings (SSSR count). The lowest BCUT2D eigenvalue weighted by Crippen LogP contribution is -1.77. The lowest BCUT2D eigenvalue weighted by atomic mass is 10.1. The van der Waals surface area contributed by atoms with Crippen molar-refractivity contribution in [3.05, 3.63) is 90.1 Å². The molecule has 0 radical (unpaired) electrons. The van der Waals surface area contributed by atoms with Gasteiger partial charge in [0.05, 0.1) is 17.3 Å². The van der Waals surface area contributed by atoms with Crippen LogP contribution in [0.4, 0.5) is 0 Å². The molecule has 6 aromatic rings. The molecule has 310 valence electrons. The monoisotopic (exact) mass is 1010 g/mol. The van der Waals surface area contributed by atoms with Gasteiger partial charge in [0.1, 0.15) is 0 Å². The van der Waals surface area contributed by atoms with Gasteiger partial charge >= 0.3 is 0 Å². The Labute approximate surface area is 391 Å². The van der Waals surface area contributed by atoms with Crippen LogP contribution >= 0.6 is 99.9 Å². The average Bonchev–Trinajstić information content (AvgIpc) is 4.05. The summed E-state index contributed by atoms with van der Waals surface area (Å²) in [5, 5.41) is 0. The minimum atomic E-state index is 0. The summed E-state index contributed by atoms with van der Waals surface area (Å²) in [6, 6.07) is 26.2. The molecular weight excluding hydrogens is 957 g/mol. The van der Waals surface area contributed by atoms with Crippen LogP contribution in [0.2, 0.25) is 0 Å². The van der Waals surface area contributed by atoms with Crippen LogP contribution in [-0.2, 0) is 4.74 Å². The summed E-state index contributed by atoms with van der Waals surface area (Å²) in [4.78, 5) is 13.0. The highest BCUT2D eigenvalue weighted by Gasteiger charge is 2.10. The van der Waals surface area contributed by atoms with Crippen molar-refractivity contribution in [2.75, 3.05) is 13.2 Å². The third-order valence-electron chi connectivity index (χ3n) is 9.10. The Morgan fingerprint density at radius 1 is 0.431 bits per heavy atom. The molecule has 1 aliphatic heterocycles. The number of unbranched alkanes of at least 4 members (excludes halogenated alkanes) is 12. The Hall–Kier alpha value is -1.76. The molecule has 1 saturated heterocycles. The SMILES string of the molecule is Brc1ccc(-c2ccc(-c3ccc(Br)s3)s2)s1.C.C1CCOC1.CCCCCCCCC#Cc1ccc(-c2ccc(-c3ccc(C#CCCCCCCCC)s3)s2)s1. The maximum atomic E-state index is 4.94. The number of halogens is 2. The molecule has 7 heterocycles. The van der Waals surface area contributed by atoms with E-state index in [1.807, 2.05) is 45.3 Å². The highest BCUT2D eigenvalue weighted by atomic mass is 79.9. The Balaban J connectivity index is 0.000000264. The summed E-state index contributed by atoms with van der Waals surface area (Å²) in [6.45, 7) is 6.54. The first-order chi connectivity index (χ1) is 28.0. The molecular formula is C49H58Br2OS6. The van der Waals surface area contributed by atoms with Crippen molar-refractivity contribution in [3.8, 4) is 62.7 Å². The lowest BCUT2D eigenvalue weighted by molar-refractivity contribution is 0.198. The first-order valence-corrected chi connectivity index (χ1v) is 27.0. The van der Waals surface area contributed by atoms with E-state index >= 15 is 0 Å². The van der Waals surface area contributed by atoms with Gasteiger partial charge in [-0.1, -0.05) is 109 Å². The van der Waals surface area contributed by atoms with E-state index in [0.29, 0.717) is 0 Å². The molecule has 0 saturated carbocycles. The van der Waals surface area contributed by atoms with Gasteiger partial charge in [0.2, 0.25) is 0 Å². The third-order valence-corrected chi connectivity index (χ3v) is 17.3. The van der Waals surface area contributed by atoms with E-state index in [0.717, 1.165) is 26.1 Å². The second-order valence-corrected chi connectivity index (χ2v) is 23.1.